The van der Waals surface area contributed by atoms with Gasteiger partial charge in [-0.2, -0.15) is 0 Å². The predicted molar refractivity (Wildman–Crippen MR) is 126 cm³/mol. The summed E-state index contributed by atoms with van der Waals surface area (Å²) in [7, 11) is 3.61. The van der Waals surface area contributed by atoms with Crippen molar-refractivity contribution in [3.8, 4) is 11.7 Å². The van der Waals surface area contributed by atoms with Gasteiger partial charge in [-0.25, -0.2) is 15.0 Å². The molecule has 1 amide bonds. The average molecular weight is 470 g/mol. The Kier molecular flexibility index (Phi) is 6.92. The van der Waals surface area contributed by atoms with Gasteiger partial charge in [-0.15, -0.1) is 0 Å². The molecule has 1 fully saturated rings. The van der Waals surface area contributed by atoms with Crippen molar-refractivity contribution in [3.63, 3.8) is 0 Å². The highest BCUT2D eigenvalue weighted by Gasteiger charge is 2.42. The summed E-state index contributed by atoms with van der Waals surface area (Å²) in [6, 6.07) is 7.45. The molecule has 0 spiro atoms. The van der Waals surface area contributed by atoms with E-state index in [1.54, 1.807) is 42.5 Å². The van der Waals surface area contributed by atoms with E-state index in [0.717, 1.165) is 30.0 Å². The van der Waals surface area contributed by atoms with Gasteiger partial charge < -0.3 is 15.4 Å². The molecule has 0 bridgehead atoms. The van der Waals surface area contributed by atoms with Crippen molar-refractivity contribution in [2.24, 2.45) is 0 Å². The molecule has 0 aliphatic carbocycles. The number of methoxy groups -OCH3 is 1. The molecule has 10 heteroatoms. The Hall–Kier alpha value is -3.01. The number of likely N-dealkylation sites (N-methyl/N-ethyl adjacent to an activating group) is 1. The van der Waals surface area contributed by atoms with Crippen LogP contribution in [-0.2, 0) is 16.9 Å². The van der Waals surface area contributed by atoms with Crippen LogP contribution >= 0.6 is 11.6 Å². The number of ether oxygens (including phenoxy) is 1. The molecule has 174 valence electrons. The van der Waals surface area contributed by atoms with Crippen LogP contribution in [0.3, 0.4) is 0 Å². The number of carbonyl (C=O) groups excluding carboxylic acids is 1. The molecule has 1 aliphatic heterocycles. The topological polar surface area (TPSA) is 97.2 Å². The van der Waals surface area contributed by atoms with Crippen molar-refractivity contribution >= 4 is 17.5 Å². The number of benzene rings is 1. The molecule has 4 rings (SSSR count). The summed E-state index contributed by atoms with van der Waals surface area (Å²) in [6.07, 6.45) is 5.41. The standard InChI is InChI=1S/C23H28ClN7O2/c1-16-10-20(29-22(28-16)31-9-7-26-15-31)23(14-25-6-8-30(23)2)12-21(32)27-13-17-4-5-19(33-3)18(24)11-17/h4-5,7,9-11,15,25H,6,8,12-14H2,1-3H3,(H,27,32). The van der Waals surface area contributed by atoms with Gasteiger partial charge in [0.15, 0.2) is 0 Å². The Morgan fingerprint density at radius 3 is 2.88 bits per heavy atom. The number of imidazole rings is 1. The van der Waals surface area contributed by atoms with Crippen molar-refractivity contribution in [3.05, 3.63) is 65.0 Å². The van der Waals surface area contributed by atoms with Gasteiger partial charge in [-0.1, -0.05) is 17.7 Å². The molecule has 1 atom stereocenters. The van der Waals surface area contributed by atoms with Crippen molar-refractivity contribution in [1.82, 2.24) is 35.1 Å². The molecule has 1 aromatic carbocycles. The fraction of sp³-hybridized carbons (Fsp3) is 0.391. The van der Waals surface area contributed by atoms with E-state index in [0.29, 0.717) is 29.8 Å². The number of nitrogens with zero attached hydrogens (tertiary/aromatic N) is 5. The minimum Gasteiger partial charge on any atom is -0.495 e. The summed E-state index contributed by atoms with van der Waals surface area (Å²) in [5.74, 6) is 1.07. The van der Waals surface area contributed by atoms with E-state index in [-0.39, 0.29) is 12.3 Å². The van der Waals surface area contributed by atoms with Crippen LogP contribution in [0, 0.1) is 6.92 Å². The molecular formula is C23H28ClN7O2. The number of aryl methyl sites for hydroxylation is 1. The second-order valence-corrected chi connectivity index (χ2v) is 8.62. The van der Waals surface area contributed by atoms with Gasteiger partial charge >= 0.3 is 0 Å². The molecular weight excluding hydrogens is 442 g/mol. The molecule has 33 heavy (non-hydrogen) atoms. The maximum absolute atomic E-state index is 13.1. The Morgan fingerprint density at radius 1 is 1.33 bits per heavy atom. The Labute approximate surface area is 198 Å². The fourth-order valence-electron chi connectivity index (χ4n) is 4.10. The van der Waals surface area contributed by atoms with E-state index < -0.39 is 5.54 Å². The third-order valence-corrected chi connectivity index (χ3v) is 6.28. The first-order valence-corrected chi connectivity index (χ1v) is 11.1. The second kappa shape index (κ2) is 9.86. The third-order valence-electron chi connectivity index (χ3n) is 5.99. The molecule has 2 aromatic heterocycles. The molecule has 1 saturated heterocycles. The summed E-state index contributed by atoms with van der Waals surface area (Å²) in [6.45, 7) is 4.56. The minimum absolute atomic E-state index is 0.0714. The highest BCUT2D eigenvalue weighted by atomic mass is 35.5. The van der Waals surface area contributed by atoms with Crippen LogP contribution in [0.1, 0.15) is 23.4 Å². The lowest BCUT2D eigenvalue weighted by molar-refractivity contribution is -0.124. The number of nitrogens with one attached hydrogen (secondary N) is 2. The third kappa shape index (κ3) is 5.00. The first kappa shape index (κ1) is 23.2. The Bertz CT molecular complexity index is 1120. The van der Waals surface area contributed by atoms with Crippen LogP contribution in [-0.4, -0.2) is 64.1 Å². The number of hydrogen-bond donors (Lipinski definition) is 2. The van der Waals surface area contributed by atoms with Crippen LogP contribution in [0.25, 0.3) is 5.95 Å². The summed E-state index contributed by atoms with van der Waals surface area (Å²) in [4.78, 5) is 28.8. The van der Waals surface area contributed by atoms with E-state index in [1.165, 1.54) is 0 Å². The number of halogens is 1. The number of piperazine rings is 1. The normalized spacial score (nSPS) is 18.8. The second-order valence-electron chi connectivity index (χ2n) is 8.22. The fourth-order valence-corrected chi connectivity index (χ4v) is 4.38. The monoisotopic (exact) mass is 469 g/mol. The molecule has 1 unspecified atom stereocenters. The molecule has 2 N–H and O–H groups in total. The quantitative estimate of drug-likeness (QED) is 0.546. The zero-order chi connectivity index (χ0) is 23.4. The van der Waals surface area contributed by atoms with Gasteiger partial charge in [0.1, 0.15) is 12.1 Å². The lowest BCUT2D eigenvalue weighted by atomic mass is 9.86. The molecule has 9 nitrogen and oxygen atoms in total. The van der Waals surface area contributed by atoms with Crippen LogP contribution in [0.5, 0.6) is 5.75 Å². The zero-order valence-corrected chi connectivity index (χ0v) is 19.8. The van der Waals surface area contributed by atoms with Gasteiger partial charge in [0.2, 0.25) is 11.9 Å². The zero-order valence-electron chi connectivity index (χ0n) is 19.0. The molecule has 0 saturated carbocycles. The minimum atomic E-state index is -0.608. The van der Waals surface area contributed by atoms with Crippen molar-refractivity contribution in [1.29, 1.82) is 0 Å². The van der Waals surface area contributed by atoms with Crippen molar-refractivity contribution in [2.75, 3.05) is 33.8 Å². The highest BCUT2D eigenvalue weighted by molar-refractivity contribution is 6.32. The van der Waals surface area contributed by atoms with Gasteiger partial charge in [0.05, 0.1) is 29.8 Å². The SMILES string of the molecule is COc1ccc(CNC(=O)CC2(c3cc(C)nc(-n4ccnc4)n3)CNCCN2C)cc1Cl. The Morgan fingerprint density at radius 2 is 2.18 bits per heavy atom. The van der Waals surface area contributed by atoms with Crippen LogP contribution in [0.2, 0.25) is 5.02 Å². The number of amides is 1. The van der Waals surface area contributed by atoms with E-state index in [9.17, 15) is 4.79 Å². The number of aromatic nitrogens is 4. The van der Waals surface area contributed by atoms with Crippen LogP contribution in [0.4, 0.5) is 0 Å². The number of hydrogen-bond acceptors (Lipinski definition) is 7. The molecule has 3 aromatic rings. The molecule has 1 aliphatic rings. The first-order valence-electron chi connectivity index (χ1n) is 10.8. The van der Waals surface area contributed by atoms with Gasteiger partial charge in [-0.05, 0) is 37.7 Å². The maximum Gasteiger partial charge on any atom is 0.235 e. The van der Waals surface area contributed by atoms with Crippen LogP contribution in [0.15, 0.2) is 43.0 Å². The highest BCUT2D eigenvalue weighted by Crippen LogP contribution is 2.32. The lowest BCUT2D eigenvalue weighted by Gasteiger charge is -2.45. The first-order chi connectivity index (χ1) is 15.9. The largest absolute Gasteiger partial charge is 0.495 e. The van der Waals surface area contributed by atoms with Gasteiger partial charge in [0.25, 0.3) is 0 Å². The summed E-state index contributed by atoms with van der Waals surface area (Å²) in [5.41, 5.74) is 1.92. The van der Waals surface area contributed by atoms with Crippen molar-refractivity contribution < 1.29 is 9.53 Å². The smallest absolute Gasteiger partial charge is 0.235 e. The van der Waals surface area contributed by atoms with Gasteiger partial charge in [0, 0.05) is 44.3 Å². The summed E-state index contributed by atoms with van der Waals surface area (Å²) >= 11 is 6.22. The van der Waals surface area contributed by atoms with E-state index in [4.69, 9.17) is 21.3 Å². The van der Waals surface area contributed by atoms with Crippen molar-refractivity contribution in [2.45, 2.75) is 25.4 Å². The predicted octanol–water partition coefficient (Wildman–Crippen LogP) is 2.07. The van der Waals surface area contributed by atoms with Gasteiger partial charge in [-0.3, -0.25) is 14.3 Å². The number of carbonyl (C=O) groups is 1. The van der Waals surface area contributed by atoms with E-state index in [2.05, 4.69) is 25.5 Å². The summed E-state index contributed by atoms with van der Waals surface area (Å²) in [5, 5.41) is 6.99. The average Bonchev–Trinajstić information content (AvgIpc) is 3.34. The van der Waals surface area contributed by atoms with E-state index >= 15 is 0 Å². The Balaban J connectivity index is 1.58. The lowest BCUT2D eigenvalue weighted by Crippen LogP contribution is -2.59. The van der Waals surface area contributed by atoms with E-state index in [1.807, 2.05) is 26.1 Å². The molecule has 0 radical (unpaired) electrons. The number of rotatable bonds is 7. The maximum atomic E-state index is 13.1. The summed E-state index contributed by atoms with van der Waals surface area (Å²) < 4.78 is 6.97. The molecule has 3 heterocycles. The van der Waals surface area contributed by atoms with Crippen LogP contribution < -0.4 is 15.4 Å².